The smallest absolute Gasteiger partial charge is 0.220 e. The van der Waals surface area contributed by atoms with Gasteiger partial charge in [-0.2, -0.15) is 0 Å². The van der Waals surface area contributed by atoms with Gasteiger partial charge in [-0.05, 0) is 37.6 Å². The minimum Gasteiger partial charge on any atom is -0.493 e. The maximum absolute atomic E-state index is 11.1. The van der Waals surface area contributed by atoms with E-state index in [9.17, 15) is 9.59 Å². The van der Waals surface area contributed by atoms with E-state index in [-0.39, 0.29) is 18.8 Å². The number of aryl methyl sites for hydroxylation is 1. The Bertz CT molecular complexity index is 413. The van der Waals surface area contributed by atoms with Crippen LogP contribution in [0, 0.1) is 6.92 Å². The molecule has 86 valence electrons. The van der Waals surface area contributed by atoms with Gasteiger partial charge in [0, 0.05) is 5.56 Å². The summed E-state index contributed by atoms with van der Waals surface area (Å²) in [5.74, 6) is 0.302. The van der Waals surface area contributed by atoms with E-state index in [1.54, 1.807) is 18.2 Å². The van der Waals surface area contributed by atoms with Crippen molar-refractivity contribution >= 4 is 11.7 Å². The molecule has 16 heavy (non-hydrogen) atoms. The Morgan fingerprint density at radius 2 is 2.06 bits per heavy atom. The van der Waals surface area contributed by atoms with Crippen molar-refractivity contribution in [1.29, 1.82) is 0 Å². The first-order chi connectivity index (χ1) is 7.50. The fourth-order valence-electron chi connectivity index (χ4n) is 1.29. The van der Waals surface area contributed by atoms with Crippen molar-refractivity contribution in [3.8, 4) is 5.75 Å². The number of carbonyl (C=O) groups is 2. The summed E-state index contributed by atoms with van der Waals surface area (Å²) in [7, 11) is 0. The van der Waals surface area contributed by atoms with E-state index in [0.29, 0.717) is 11.3 Å². The van der Waals surface area contributed by atoms with Crippen LogP contribution in [-0.4, -0.2) is 18.3 Å². The molecule has 2 N–H and O–H groups in total. The number of hydrogen-bond donors (Lipinski definition) is 1. The van der Waals surface area contributed by atoms with Crippen molar-refractivity contribution in [2.24, 2.45) is 5.73 Å². The second-order valence-electron chi connectivity index (χ2n) is 3.60. The number of ketones is 1. The predicted molar refractivity (Wildman–Crippen MR) is 60.5 cm³/mol. The summed E-state index contributed by atoms with van der Waals surface area (Å²) in [6.45, 7) is 3.63. The van der Waals surface area contributed by atoms with Crippen LogP contribution >= 0.6 is 0 Å². The molecular formula is C12H15NO3. The van der Waals surface area contributed by atoms with E-state index in [1.165, 1.54) is 6.92 Å². The van der Waals surface area contributed by atoms with Crippen LogP contribution < -0.4 is 10.5 Å². The Labute approximate surface area is 94.4 Å². The molecule has 0 radical (unpaired) electrons. The third kappa shape index (κ3) is 3.38. The first-order valence-electron chi connectivity index (χ1n) is 5.03. The number of carbonyl (C=O) groups excluding carboxylic acids is 2. The van der Waals surface area contributed by atoms with Gasteiger partial charge in [0.15, 0.2) is 5.78 Å². The van der Waals surface area contributed by atoms with E-state index in [0.717, 1.165) is 5.56 Å². The molecule has 0 saturated carbocycles. The first kappa shape index (κ1) is 12.2. The molecule has 0 saturated heterocycles. The van der Waals surface area contributed by atoms with E-state index in [2.05, 4.69) is 0 Å². The van der Waals surface area contributed by atoms with Gasteiger partial charge in [-0.3, -0.25) is 9.59 Å². The summed E-state index contributed by atoms with van der Waals surface area (Å²) in [6, 6.07) is 5.20. The molecular weight excluding hydrogens is 206 g/mol. The minimum atomic E-state index is -0.391. The van der Waals surface area contributed by atoms with Crippen LogP contribution in [0.5, 0.6) is 5.75 Å². The number of hydrogen-bond acceptors (Lipinski definition) is 3. The van der Waals surface area contributed by atoms with Crippen LogP contribution in [0.2, 0.25) is 0 Å². The lowest BCUT2D eigenvalue weighted by Gasteiger charge is -2.08. The van der Waals surface area contributed by atoms with E-state index in [4.69, 9.17) is 10.5 Å². The summed E-state index contributed by atoms with van der Waals surface area (Å²) in [6.07, 6.45) is 0.188. The van der Waals surface area contributed by atoms with Gasteiger partial charge in [-0.25, -0.2) is 0 Å². The van der Waals surface area contributed by atoms with E-state index in [1.807, 2.05) is 6.92 Å². The SMILES string of the molecule is CC(=O)c1ccc(OCCC(N)=O)c(C)c1. The Hall–Kier alpha value is -1.84. The summed E-state index contributed by atoms with van der Waals surface area (Å²) in [5.41, 5.74) is 6.52. The van der Waals surface area contributed by atoms with Crippen molar-refractivity contribution in [3.05, 3.63) is 29.3 Å². The molecule has 0 aliphatic rings. The largest absolute Gasteiger partial charge is 0.493 e. The lowest BCUT2D eigenvalue weighted by molar-refractivity contribution is -0.118. The number of primary amides is 1. The highest BCUT2D eigenvalue weighted by Crippen LogP contribution is 2.19. The van der Waals surface area contributed by atoms with Gasteiger partial charge in [0.25, 0.3) is 0 Å². The summed E-state index contributed by atoms with van der Waals surface area (Å²) in [4.78, 5) is 21.6. The van der Waals surface area contributed by atoms with Crippen LogP contribution in [0.15, 0.2) is 18.2 Å². The van der Waals surface area contributed by atoms with Gasteiger partial charge in [0.05, 0.1) is 13.0 Å². The van der Waals surface area contributed by atoms with E-state index < -0.39 is 5.91 Å². The van der Waals surface area contributed by atoms with Crippen molar-refractivity contribution in [1.82, 2.24) is 0 Å². The number of rotatable bonds is 5. The standard InChI is InChI=1S/C12H15NO3/c1-8-7-10(9(2)14)3-4-11(8)16-6-5-12(13)15/h3-4,7H,5-6H2,1-2H3,(H2,13,15). The lowest BCUT2D eigenvalue weighted by Crippen LogP contribution is -2.14. The average molecular weight is 221 g/mol. The summed E-state index contributed by atoms with van der Waals surface area (Å²) >= 11 is 0. The highest BCUT2D eigenvalue weighted by Gasteiger charge is 2.04. The molecule has 0 bridgehead atoms. The molecule has 1 rings (SSSR count). The maximum Gasteiger partial charge on any atom is 0.220 e. The Kier molecular flexibility index (Phi) is 4.05. The molecule has 0 spiro atoms. The first-order valence-corrected chi connectivity index (χ1v) is 5.03. The number of amides is 1. The van der Waals surface area contributed by atoms with Crippen LogP contribution in [0.3, 0.4) is 0 Å². The normalized spacial score (nSPS) is 9.88. The average Bonchev–Trinajstić information content (AvgIpc) is 2.19. The Morgan fingerprint density at radius 1 is 1.38 bits per heavy atom. The summed E-state index contributed by atoms with van der Waals surface area (Å²) in [5, 5.41) is 0. The van der Waals surface area contributed by atoms with Crippen molar-refractivity contribution < 1.29 is 14.3 Å². The molecule has 0 aliphatic carbocycles. The van der Waals surface area contributed by atoms with Gasteiger partial charge in [0.2, 0.25) is 5.91 Å². The fourth-order valence-corrected chi connectivity index (χ4v) is 1.29. The molecule has 4 nitrogen and oxygen atoms in total. The highest BCUT2D eigenvalue weighted by atomic mass is 16.5. The van der Waals surface area contributed by atoms with Gasteiger partial charge in [0.1, 0.15) is 5.75 Å². The van der Waals surface area contributed by atoms with Gasteiger partial charge in [-0.15, -0.1) is 0 Å². The van der Waals surface area contributed by atoms with Crippen LogP contribution in [-0.2, 0) is 4.79 Å². The monoisotopic (exact) mass is 221 g/mol. The fraction of sp³-hybridized carbons (Fsp3) is 0.333. The predicted octanol–water partition coefficient (Wildman–Crippen LogP) is 1.45. The van der Waals surface area contributed by atoms with Crippen LogP contribution in [0.25, 0.3) is 0 Å². The third-order valence-corrected chi connectivity index (χ3v) is 2.19. The van der Waals surface area contributed by atoms with Crippen LogP contribution in [0.1, 0.15) is 29.3 Å². The molecule has 1 aromatic rings. The van der Waals surface area contributed by atoms with E-state index >= 15 is 0 Å². The molecule has 4 heteroatoms. The zero-order valence-electron chi connectivity index (χ0n) is 9.45. The topological polar surface area (TPSA) is 69.4 Å². The molecule has 0 atom stereocenters. The third-order valence-electron chi connectivity index (χ3n) is 2.19. The van der Waals surface area contributed by atoms with Gasteiger partial charge < -0.3 is 10.5 Å². The molecule has 0 fully saturated rings. The van der Waals surface area contributed by atoms with Gasteiger partial charge >= 0.3 is 0 Å². The Balaban J connectivity index is 2.68. The molecule has 1 amide bonds. The number of nitrogens with two attached hydrogens (primary N) is 1. The van der Waals surface area contributed by atoms with Crippen molar-refractivity contribution in [2.75, 3.05) is 6.61 Å². The second-order valence-corrected chi connectivity index (χ2v) is 3.60. The van der Waals surface area contributed by atoms with Gasteiger partial charge in [-0.1, -0.05) is 0 Å². The molecule has 1 aromatic carbocycles. The summed E-state index contributed by atoms with van der Waals surface area (Å²) < 4.78 is 5.37. The molecule has 0 aromatic heterocycles. The second kappa shape index (κ2) is 5.30. The van der Waals surface area contributed by atoms with Crippen LogP contribution in [0.4, 0.5) is 0 Å². The van der Waals surface area contributed by atoms with Crippen molar-refractivity contribution in [3.63, 3.8) is 0 Å². The highest BCUT2D eigenvalue weighted by molar-refractivity contribution is 5.94. The number of Topliss-reactive ketones (excluding diaryl/α,β-unsaturated/α-hetero) is 1. The quantitative estimate of drug-likeness (QED) is 0.765. The molecule has 0 unspecified atom stereocenters. The van der Waals surface area contributed by atoms with Crippen molar-refractivity contribution in [2.45, 2.75) is 20.3 Å². The molecule has 0 heterocycles. The zero-order chi connectivity index (χ0) is 12.1. The maximum atomic E-state index is 11.1. The minimum absolute atomic E-state index is 0.0202. The molecule has 0 aliphatic heterocycles. The zero-order valence-corrected chi connectivity index (χ0v) is 9.45. The number of benzene rings is 1. The number of ether oxygens (including phenoxy) is 1. The Morgan fingerprint density at radius 3 is 2.56 bits per heavy atom. The lowest BCUT2D eigenvalue weighted by atomic mass is 10.1.